The Labute approximate surface area is 129 Å². The van der Waals surface area contributed by atoms with Crippen LogP contribution in [0.15, 0.2) is 6.20 Å². The van der Waals surface area contributed by atoms with Crippen molar-refractivity contribution in [1.29, 1.82) is 0 Å². The molecule has 3 aliphatic rings. The van der Waals surface area contributed by atoms with Gasteiger partial charge in [0.2, 0.25) is 0 Å². The number of hydrogen-bond acceptors (Lipinski definition) is 3. The number of carbonyl (C=O) groups is 2. The highest BCUT2D eigenvalue weighted by molar-refractivity contribution is 5.95. The molecule has 3 heterocycles. The quantitative estimate of drug-likeness (QED) is 0.899. The summed E-state index contributed by atoms with van der Waals surface area (Å²) in [4.78, 5) is 25.7. The van der Waals surface area contributed by atoms with Gasteiger partial charge in [-0.3, -0.25) is 14.3 Å². The van der Waals surface area contributed by atoms with Crippen LogP contribution in [0.1, 0.15) is 48.2 Å². The van der Waals surface area contributed by atoms with E-state index in [0.29, 0.717) is 13.1 Å². The minimum absolute atomic E-state index is 0.0267. The SMILES string of the molecule is O=C(O)C1CC12CCN(C(=O)c1cnn3c1CCCC3)CC2. The van der Waals surface area contributed by atoms with E-state index in [1.807, 2.05) is 9.58 Å². The predicted molar refractivity (Wildman–Crippen MR) is 78.5 cm³/mol. The molecule has 118 valence electrons. The summed E-state index contributed by atoms with van der Waals surface area (Å²) in [6.45, 7) is 2.26. The molecule has 1 aromatic rings. The highest BCUT2D eigenvalue weighted by Gasteiger charge is 2.59. The third-order valence-electron chi connectivity index (χ3n) is 5.75. The van der Waals surface area contributed by atoms with Crippen molar-refractivity contribution in [1.82, 2.24) is 14.7 Å². The summed E-state index contributed by atoms with van der Waals surface area (Å²) in [6.07, 6.45) is 7.32. The number of aromatic nitrogens is 2. The number of amides is 1. The molecule has 0 radical (unpaired) electrons. The average molecular weight is 303 g/mol. The van der Waals surface area contributed by atoms with Gasteiger partial charge in [-0.05, 0) is 43.9 Å². The lowest BCUT2D eigenvalue weighted by molar-refractivity contribution is -0.139. The van der Waals surface area contributed by atoms with Crippen LogP contribution in [0.5, 0.6) is 0 Å². The summed E-state index contributed by atoms with van der Waals surface area (Å²) in [7, 11) is 0. The Morgan fingerprint density at radius 3 is 2.68 bits per heavy atom. The molecule has 0 aromatic carbocycles. The van der Waals surface area contributed by atoms with Crippen molar-refractivity contribution >= 4 is 11.9 Å². The first-order chi connectivity index (χ1) is 10.6. The van der Waals surface area contributed by atoms with Crippen LogP contribution >= 0.6 is 0 Å². The monoisotopic (exact) mass is 303 g/mol. The molecule has 1 aliphatic carbocycles. The van der Waals surface area contributed by atoms with Crippen LogP contribution in [-0.4, -0.2) is 44.8 Å². The predicted octanol–water partition coefficient (Wildman–Crippen LogP) is 1.55. The third-order valence-corrected chi connectivity index (χ3v) is 5.75. The van der Waals surface area contributed by atoms with Crippen LogP contribution < -0.4 is 0 Å². The lowest BCUT2D eigenvalue weighted by Gasteiger charge is -2.32. The van der Waals surface area contributed by atoms with Gasteiger partial charge in [-0.1, -0.05) is 0 Å². The van der Waals surface area contributed by atoms with Crippen molar-refractivity contribution in [3.05, 3.63) is 17.5 Å². The fourth-order valence-electron chi connectivity index (χ4n) is 4.17. The Morgan fingerprint density at radius 2 is 2.00 bits per heavy atom. The number of piperidine rings is 1. The van der Waals surface area contributed by atoms with E-state index in [4.69, 9.17) is 5.11 Å². The number of fused-ring (bicyclic) bond motifs is 1. The van der Waals surface area contributed by atoms with Gasteiger partial charge in [0.1, 0.15) is 0 Å². The Bertz CT molecular complexity index is 629. The van der Waals surface area contributed by atoms with E-state index in [1.165, 1.54) is 0 Å². The third kappa shape index (κ3) is 2.04. The van der Waals surface area contributed by atoms with Crippen LogP contribution in [0.4, 0.5) is 0 Å². The van der Waals surface area contributed by atoms with E-state index in [1.54, 1.807) is 6.20 Å². The Balaban J connectivity index is 1.45. The van der Waals surface area contributed by atoms with E-state index in [9.17, 15) is 9.59 Å². The lowest BCUT2D eigenvalue weighted by atomic mass is 9.90. The second-order valence-corrected chi connectivity index (χ2v) is 6.93. The zero-order valence-electron chi connectivity index (χ0n) is 12.6. The first kappa shape index (κ1) is 13.8. The fourth-order valence-corrected chi connectivity index (χ4v) is 4.17. The molecule has 1 N–H and O–H groups in total. The summed E-state index contributed by atoms with van der Waals surface area (Å²) in [5.74, 6) is -0.787. The second-order valence-electron chi connectivity index (χ2n) is 6.93. The topological polar surface area (TPSA) is 75.4 Å². The smallest absolute Gasteiger partial charge is 0.307 e. The van der Waals surface area contributed by atoms with Crippen LogP contribution in [0.3, 0.4) is 0 Å². The number of nitrogens with zero attached hydrogens (tertiary/aromatic N) is 3. The van der Waals surface area contributed by atoms with Gasteiger partial charge < -0.3 is 10.0 Å². The molecule has 1 saturated heterocycles. The maximum absolute atomic E-state index is 12.7. The molecule has 6 heteroatoms. The number of carbonyl (C=O) groups excluding carboxylic acids is 1. The number of carboxylic acids is 1. The van der Waals surface area contributed by atoms with Gasteiger partial charge in [0.15, 0.2) is 0 Å². The Kier molecular flexibility index (Phi) is 3.03. The number of carboxylic acid groups (broad SMARTS) is 1. The van der Waals surface area contributed by atoms with E-state index < -0.39 is 5.97 Å². The van der Waals surface area contributed by atoms with Gasteiger partial charge in [-0.15, -0.1) is 0 Å². The number of rotatable bonds is 2. The highest BCUT2D eigenvalue weighted by Crippen LogP contribution is 2.59. The van der Waals surface area contributed by atoms with Gasteiger partial charge in [-0.25, -0.2) is 0 Å². The summed E-state index contributed by atoms with van der Waals surface area (Å²) in [6, 6.07) is 0. The first-order valence-electron chi connectivity index (χ1n) is 8.17. The molecule has 2 aliphatic heterocycles. The zero-order valence-corrected chi connectivity index (χ0v) is 12.6. The molecule has 1 unspecified atom stereocenters. The summed E-state index contributed by atoms with van der Waals surface area (Å²) in [5.41, 5.74) is 1.80. The molecular formula is C16H21N3O3. The number of aryl methyl sites for hydroxylation is 1. The maximum atomic E-state index is 12.7. The van der Waals surface area contributed by atoms with E-state index in [0.717, 1.165) is 56.3 Å². The minimum Gasteiger partial charge on any atom is -0.481 e. The molecule has 1 spiro atoms. The first-order valence-corrected chi connectivity index (χ1v) is 8.17. The van der Waals surface area contributed by atoms with Crippen LogP contribution in [0, 0.1) is 11.3 Å². The highest BCUT2D eigenvalue weighted by atomic mass is 16.4. The Hall–Kier alpha value is -1.85. The average Bonchev–Trinajstić information content (AvgIpc) is 3.06. The van der Waals surface area contributed by atoms with Crippen LogP contribution in [0.25, 0.3) is 0 Å². The molecule has 4 rings (SSSR count). The fraction of sp³-hybridized carbons (Fsp3) is 0.688. The molecule has 2 fully saturated rings. The minimum atomic E-state index is -0.675. The zero-order chi connectivity index (χ0) is 15.3. The molecule has 22 heavy (non-hydrogen) atoms. The largest absolute Gasteiger partial charge is 0.481 e. The van der Waals surface area contributed by atoms with Gasteiger partial charge in [0, 0.05) is 19.6 Å². The normalized spacial score (nSPS) is 25.8. The van der Waals surface area contributed by atoms with E-state index in [-0.39, 0.29) is 17.2 Å². The van der Waals surface area contributed by atoms with Gasteiger partial charge in [-0.2, -0.15) is 5.10 Å². The van der Waals surface area contributed by atoms with Crippen LogP contribution in [0.2, 0.25) is 0 Å². The van der Waals surface area contributed by atoms with Crippen LogP contribution in [-0.2, 0) is 17.8 Å². The molecular weight excluding hydrogens is 282 g/mol. The number of likely N-dealkylation sites (tertiary alicyclic amines) is 1. The molecule has 1 aromatic heterocycles. The second kappa shape index (κ2) is 4.83. The van der Waals surface area contributed by atoms with Crippen molar-refractivity contribution < 1.29 is 14.7 Å². The number of hydrogen-bond donors (Lipinski definition) is 1. The van der Waals surface area contributed by atoms with Gasteiger partial charge >= 0.3 is 5.97 Å². The maximum Gasteiger partial charge on any atom is 0.307 e. The van der Waals surface area contributed by atoms with Crippen molar-refractivity contribution in [2.45, 2.75) is 45.1 Å². The molecule has 1 amide bonds. The lowest BCUT2D eigenvalue weighted by Crippen LogP contribution is -2.40. The standard InChI is InChI=1S/C16H21N3O3/c20-14(11-10-17-19-6-2-1-3-13(11)19)18-7-4-16(5-8-18)9-12(16)15(21)22/h10,12H,1-9H2,(H,21,22). The van der Waals surface area contributed by atoms with Crippen molar-refractivity contribution in [2.75, 3.05) is 13.1 Å². The van der Waals surface area contributed by atoms with E-state index in [2.05, 4.69) is 5.10 Å². The molecule has 0 bridgehead atoms. The molecule has 6 nitrogen and oxygen atoms in total. The summed E-state index contributed by atoms with van der Waals surface area (Å²) in [5, 5.41) is 13.5. The Morgan fingerprint density at radius 1 is 1.23 bits per heavy atom. The molecule has 1 atom stereocenters. The summed E-state index contributed by atoms with van der Waals surface area (Å²) >= 11 is 0. The summed E-state index contributed by atoms with van der Waals surface area (Å²) < 4.78 is 1.96. The van der Waals surface area contributed by atoms with Crippen molar-refractivity contribution in [2.24, 2.45) is 11.3 Å². The number of aliphatic carboxylic acids is 1. The van der Waals surface area contributed by atoms with Gasteiger partial charge in [0.25, 0.3) is 5.91 Å². The molecule has 1 saturated carbocycles. The van der Waals surface area contributed by atoms with Crippen molar-refractivity contribution in [3.63, 3.8) is 0 Å². The van der Waals surface area contributed by atoms with Crippen molar-refractivity contribution in [3.8, 4) is 0 Å². The van der Waals surface area contributed by atoms with E-state index >= 15 is 0 Å². The van der Waals surface area contributed by atoms with Gasteiger partial charge in [0.05, 0.1) is 23.4 Å².